The molecule has 0 spiro atoms. The SMILES string of the molecule is CC(C)n1c(C2(C)CCNCC2)nc2cccc(Cl)c21. The van der Waals surface area contributed by atoms with Crippen LogP contribution in [0.1, 0.15) is 45.5 Å². The second kappa shape index (κ2) is 5.05. The molecule has 108 valence electrons. The molecule has 3 rings (SSSR count). The first-order chi connectivity index (χ1) is 9.53. The van der Waals surface area contributed by atoms with E-state index in [1.54, 1.807) is 0 Å². The van der Waals surface area contributed by atoms with Crippen LogP contribution < -0.4 is 5.32 Å². The van der Waals surface area contributed by atoms with Crippen LogP contribution in [0.5, 0.6) is 0 Å². The molecule has 1 aromatic carbocycles. The van der Waals surface area contributed by atoms with Gasteiger partial charge in [0.15, 0.2) is 0 Å². The molecule has 0 radical (unpaired) electrons. The Morgan fingerprint density at radius 2 is 2.00 bits per heavy atom. The van der Waals surface area contributed by atoms with E-state index in [4.69, 9.17) is 16.6 Å². The fourth-order valence-electron chi connectivity index (χ4n) is 3.24. The van der Waals surface area contributed by atoms with Gasteiger partial charge >= 0.3 is 0 Å². The summed E-state index contributed by atoms with van der Waals surface area (Å²) in [6.07, 6.45) is 2.25. The van der Waals surface area contributed by atoms with E-state index in [0.717, 1.165) is 42.0 Å². The molecule has 1 fully saturated rings. The molecule has 20 heavy (non-hydrogen) atoms. The zero-order chi connectivity index (χ0) is 14.3. The number of nitrogens with zero attached hydrogens (tertiary/aromatic N) is 2. The maximum absolute atomic E-state index is 6.43. The topological polar surface area (TPSA) is 29.9 Å². The summed E-state index contributed by atoms with van der Waals surface area (Å²) in [4.78, 5) is 4.94. The quantitative estimate of drug-likeness (QED) is 0.909. The molecule has 4 heteroatoms. The van der Waals surface area contributed by atoms with E-state index in [9.17, 15) is 0 Å². The van der Waals surface area contributed by atoms with Crippen molar-refractivity contribution in [1.82, 2.24) is 14.9 Å². The van der Waals surface area contributed by atoms with Crippen LogP contribution in [0.4, 0.5) is 0 Å². The Morgan fingerprint density at radius 3 is 2.65 bits per heavy atom. The zero-order valence-corrected chi connectivity index (χ0v) is 13.2. The van der Waals surface area contributed by atoms with Gasteiger partial charge in [0.1, 0.15) is 5.82 Å². The Hall–Kier alpha value is -1.06. The molecule has 1 aliphatic heterocycles. The van der Waals surface area contributed by atoms with Gasteiger partial charge in [-0.25, -0.2) is 4.98 Å². The van der Waals surface area contributed by atoms with E-state index in [1.165, 1.54) is 5.82 Å². The van der Waals surface area contributed by atoms with Crippen molar-refractivity contribution in [3.8, 4) is 0 Å². The molecule has 2 heterocycles. The molecule has 2 aromatic rings. The van der Waals surface area contributed by atoms with Crippen LogP contribution in [-0.4, -0.2) is 22.6 Å². The Morgan fingerprint density at radius 1 is 1.30 bits per heavy atom. The number of hydrogen-bond acceptors (Lipinski definition) is 2. The van der Waals surface area contributed by atoms with Gasteiger partial charge in [-0.15, -0.1) is 0 Å². The van der Waals surface area contributed by atoms with E-state index < -0.39 is 0 Å². The van der Waals surface area contributed by atoms with Crippen molar-refractivity contribution in [2.75, 3.05) is 13.1 Å². The standard InChI is InChI=1S/C16H22ClN3/c1-11(2)20-14-12(17)5-4-6-13(14)19-15(20)16(3)7-9-18-10-8-16/h4-6,11,18H,7-10H2,1-3H3. The summed E-state index contributed by atoms with van der Waals surface area (Å²) < 4.78 is 2.34. The van der Waals surface area contributed by atoms with E-state index >= 15 is 0 Å². The Kier molecular flexibility index (Phi) is 3.51. The Labute approximate surface area is 125 Å². The highest BCUT2D eigenvalue weighted by Gasteiger charge is 2.34. The van der Waals surface area contributed by atoms with Crippen molar-refractivity contribution in [1.29, 1.82) is 0 Å². The number of halogens is 1. The van der Waals surface area contributed by atoms with Gasteiger partial charge in [-0.2, -0.15) is 0 Å². The van der Waals surface area contributed by atoms with Crippen molar-refractivity contribution in [2.45, 2.75) is 45.1 Å². The third-order valence-corrected chi connectivity index (χ3v) is 4.73. The van der Waals surface area contributed by atoms with Crippen molar-refractivity contribution < 1.29 is 0 Å². The maximum Gasteiger partial charge on any atom is 0.116 e. The first-order valence-corrected chi connectivity index (χ1v) is 7.78. The molecule has 3 nitrogen and oxygen atoms in total. The van der Waals surface area contributed by atoms with Crippen LogP contribution in [0, 0.1) is 0 Å². The van der Waals surface area contributed by atoms with E-state index in [0.29, 0.717) is 6.04 Å². The molecule has 1 aromatic heterocycles. The number of piperidine rings is 1. The predicted octanol–water partition coefficient (Wildman–Crippen LogP) is 3.91. The van der Waals surface area contributed by atoms with Gasteiger partial charge in [-0.1, -0.05) is 24.6 Å². The number of nitrogens with one attached hydrogen (secondary N) is 1. The highest BCUT2D eigenvalue weighted by Crippen LogP contribution is 2.37. The van der Waals surface area contributed by atoms with E-state index in [1.807, 2.05) is 12.1 Å². The summed E-state index contributed by atoms with van der Waals surface area (Å²) in [5.41, 5.74) is 2.23. The summed E-state index contributed by atoms with van der Waals surface area (Å²) >= 11 is 6.43. The highest BCUT2D eigenvalue weighted by atomic mass is 35.5. The lowest BCUT2D eigenvalue weighted by molar-refractivity contribution is 0.305. The molecule has 0 atom stereocenters. The van der Waals surface area contributed by atoms with Crippen molar-refractivity contribution in [3.63, 3.8) is 0 Å². The van der Waals surface area contributed by atoms with Crippen molar-refractivity contribution >= 4 is 22.6 Å². The van der Waals surface area contributed by atoms with Crippen LogP contribution in [0.15, 0.2) is 18.2 Å². The summed E-state index contributed by atoms with van der Waals surface area (Å²) in [6.45, 7) is 8.87. The maximum atomic E-state index is 6.43. The van der Waals surface area contributed by atoms with Crippen LogP contribution >= 0.6 is 11.6 Å². The highest BCUT2D eigenvalue weighted by molar-refractivity contribution is 6.35. The van der Waals surface area contributed by atoms with Gasteiger partial charge in [-0.3, -0.25) is 0 Å². The average molecular weight is 292 g/mol. The summed E-state index contributed by atoms with van der Waals surface area (Å²) in [7, 11) is 0. The third kappa shape index (κ3) is 2.13. The summed E-state index contributed by atoms with van der Waals surface area (Å²) in [5.74, 6) is 1.19. The molecule has 1 N–H and O–H groups in total. The Bertz CT molecular complexity index is 624. The lowest BCUT2D eigenvalue weighted by Gasteiger charge is -2.34. The molecular weight excluding hydrogens is 270 g/mol. The minimum atomic E-state index is 0.137. The number of aromatic nitrogens is 2. The third-order valence-electron chi connectivity index (χ3n) is 4.42. The summed E-state index contributed by atoms with van der Waals surface area (Å²) in [6, 6.07) is 6.37. The average Bonchev–Trinajstić information content (AvgIpc) is 2.81. The molecule has 0 bridgehead atoms. The number of rotatable bonds is 2. The van der Waals surface area contributed by atoms with Gasteiger partial charge < -0.3 is 9.88 Å². The largest absolute Gasteiger partial charge is 0.324 e. The fraction of sp³-hybridized carbons (Fsp3) is 0.562. The number of hydrogen-bond donors (Lipinski definition) is 1. The minimum absolute atomic E-state index is 0.137. The number of imidazole rings is 1. The zero-order valence-electron chi connectivity index (χ0n) is 12.4. The molecule has 1 aliphatic rings. The lowest BCUT2D eigenvalue weighted by Crippen LogP contribution is -2.39. The molecule has 0 aliphatic carbocycles. The van der Waals surface area contributed by atoms with Crippen molar-refractivity contribution in [3.05, 3.63) is 29.0 Å². The smallest absolute Gasteiger partial charge is 0.116 e. The minimum Gasteiger partial charge on any atom is -0.324 e. The first-order valence-electron chi connectivity index (χ1n) is 7.40. The second-order valence-electron chi connectivity index (χ2n) is 6.32. The van der Waals surface area contributed by atoms with Crippen LogP contribution in [0.2, 0.25) is 5.02 Å². The molecule has 0 saturated carbocycles. The van der Waals surface area contributed by atoms with Gasteiger partial charge in [0, 0.05) is 11.5 Å². The molecule has 1 saturated heterocycles. The van der Waals surface area contributed by atoms with E-state index in [2.05, 4.69) is 36.7 Å². The Balaban J connectivity index is 2.24. The summed E-state index contributed by atoms with van der Waals surface area (Å²) in [5, 5.41) is 4.24. The van der Waals surface area contributed by atoms with Crippen LogP contribution in [0.25, 0.3) is 11.0 Å². The number of benzene rings is 1. The lowest BCUT2D eigenvalue weighted by atomic mass is 9.80. The second-order valence-corrected chi connectivity index (χ2v) is 6.72. The van der Waals surface area contributed by atoms with Gasteiger partial charge in [0.05, 0.1) is 16.1 Å². The number of para-hydroxylation sites is 1. The fourth-order valence-corrected chi connectivity index (χ4v) is 3.50. The van der Waals surface area contributed by atoms with Gasteiger partial charge in [0.2, 0.25) is 0 Å². The van der Waals surface area contributed by atoms with Gasteiger partial charge in [0.25, 0.3) is 0 Å². The normalized spacial score (nSPS) is 18.9. The van der Waals surface area contributed by atoms with Crippen LogP contribution in [-0.2, 0) is 5.41 Å². The van der Waals surface area contributed by atoms with E-state index in [-0.39, 0.29) is 5.41 Å². The molecular formula is C16H22ClN3. The monoisotopic (exact) mass is 291 g/mol. The van der Waals surface area contributed by atoms with Crippen molar-refractivity contribution in [2.24, 2.45) is 0 Å². The van der Waals surface area contributed by atoms with Gasteiger partial charge in [-0.05, 0) is 51.9 Å². The van der Waals surface area contributed by atoms with Crippen LogP contribution in [0.3, 0.4) is 0 Å². The number of fused-ring (bicyclic) bond motifs is 1. The predicted molar refractivity (Wildman–Crippen MR) is 84.6 cm³/mol. The molecule has 0 unspecified atom stereocenters. The molecule has 0 amide bonds. The first kappa shape index (κ1) is 13.9.